The van der Waals surface area contributed by atoms with Crippen molar-refractivity contribution in [1.82, 2.24) is 14.9 Å². The minimum Gasteiger partial charge on any atom is -0.350 e. The van der Waals surface area contributed by atoms with Crippen LogP contribution < -0.4 is 10.6 Å². The van der Waals surface area contributed by atoms with Crippen LogP contribution in [0.1, 0.15) is 39.5 Å². The first kappa shape index (κ1) is 19.7. The van der Waals surface area contributed by atoms with E-state index in [9.17, 15) is 13.2 Å². The highest BCUT2D eigenvalue weighted by molar-refractivity contribution is 7.89. The fraction of sp³-hybridized carbons (Fsp3) is 0.929. The van der Waals surface area contributed by atoms with Crippen LogP contribution in [0.4, 0.5) is 0 Å². The van der Waals surface area contributed by atoms with Crippen molar-refractivity contribution in [3.63, 3.8) is 0 Å². The molecule has 22 heavy (non-hydrogen) atoms. The molecule has 0 saturated carbocycles. The lowest BCUT2D eigenvalue weighted by molar-refractivity contribution is -0.125. The van der Waals surface area contributed by atoms with Gasteiger partial charge in [0, 0.05) is 19.1 Å². The maximum absolute atomic E-state index is 12.5. The van der Waals surface area contributed by atoms with Gasteiger partial charge in [0.1, 0.15) is 6.04 Å². The molecule has 130 valence electrons. The Morgan fingerprint density at radius 3 is 2.73 bits per heavy atom. The molecule has 3 unspecified atom stereocenters. The third kappa shape index (κ3) is 4.57. The lowest BCUT2D eigenvalue weighted by atomic mass is 9.94. The molecule has 0 aromatic carbocycles. The minimum absolute atomic E-state index is 0. The van der Waals surface area contributed by atoms with E-state index < -0.39 is 16.1 Å². The zero-order valence-corrected chi connectivity index (χ0v) is 15.0. The summed E-state index contributed by atoms with van der Waals surface area (Å²) < 4.78 is 25.9. The molecule has 6 nitrogen and oxygen atoms in total. The van der Waals surface area contributed by atoms with Gasteiger partial charge in [-0.3, -0.25) is 4.79 Å². The van der Waals surface area contributed by atoms with Crippen LogP contribution in [0.3, 0.4) is 0 Å². The molecule has 2 fully saturated rings. The number of carbonyl (C=O) groups is 1. The van der Waals surface area contributed by atoms with Crippen molar-refractivity contribution in [2.75, 3.05) is 25.4 Å². The first-order chi connectivity index (χ1) is 9.95. The summed E-state index contributed by atoms with van der Waals surface area (Å²) in [6, 6.07) is -0.418. The van der Waals surface area contributed by atoms with Crippen LogP contribution >= 0.6 is 12.4 Å². The van der Waals surface area contributed by atoms with E-state index in [1.165, 1.54) is 4.31 Å². The fourth-order valence-corrected chi connectivity index (χ4v) is 4.92. The highest BCUT2D eigenvalue weighted by Gasteiger charge is 2.39. The second-order valence-corrected chi connectivity index (χ2v) is 8.21. The van der Waals surface area contributed by atoms with Gasteiger partial charge < -0.3 is 10.6 Å². The molecule has 2 aliphatic heterocycles. The molecule has 3 atom stereocenters. The number of piperidine rings is 1. The number of halogens is 1. The zero-order chi connectivity index (χ0) is 15.5. The van der Waals surface area contributed by atoms with Crippen LogP contribution in [0.2, 0.25) is 0 Å². The number of amides is 1. The summed E-state index contributed by atoms with van der Waals surface area (Å²) in [5.74, 6) is 0.420. The molecule has 0 aliphatic carbocycles. The van der Waals surface area contributed by atoms with E-state index in [4.69, 9.17) is 0 Å². The van der Waals surface area contributed by atoms with Crippen LogP contribution in [0.5, 0.6) is 0 Å². The number of carbonyl (C=O) groups excluding carboxylic acids is 1. The number of hydrogen-bond donors (Lipinski definition) is 2. The summed E-state index contributed by atoms with van der Waals surface area (Å²) in [5, 5.41) is 6.32. The standard InChI is InChI=1S/C14H27N3O3S.ClH/c1-3-9-21(19,20)17-8-4-5-13(17)14(18)16-12-10-15-7-6-11(12)2;/h11-13,15H,3-10H2,1-2H3,(H,16,18);1H. The van der Waals surface area contributed by atoms with E-state index in [1.807, 2.05) is 6.92 Å². The van der Waals surface area contributed by atoms with Crippen LogP contribution in [-0.4, -0.2) is 56.1 Å². The molecule has 2 aliphatic rings. The third-order valence-corrected chi connectivity index (χ3v) is 6.56. The molecule has 2 N–H and O–H groups in total. The second-order valence-electron chi connectivity index (χ2n) is 6.17. The quantitative estimate of drug-likeness (QED) is 0.763. The van der Waals surface area contributed by atoms with Crippen molar-refractivity contribution < 1.29 is 13.2 Å². The molecule has 1 amide bonds. The van der Waals surface area contributed by atoms with Gasteiger partial charge in [0.2, 0.25) is 15.9 Å². The number of nitrogens with one attached hydrogen (secondary N) is 2. The molecular formula is C14H28ClN3O3S. The van der Waals surface area contributed by atoms with Gasteiger partial charge in [0.15, 0.2) is 0 Å². The van der Waals surface area contributed by atoms with Crippen molar-refractivity contribution >= 4 is 28.3 Å². The number of sulfonamides is 1. The Bertz CT molecular complexity index is 472. The highest BCUT2D eigenvalue weighted by Crippen LogP contribution is 2.22. The topological polar surface area (TPSA) is 78.5 Å². The molecule has 0 aromatic rings. The Morgan fingerprint density at radius 2 is 2.09 bits per heavy atom. The Hall–Kier alpha value is -0.370. The molecule has 0 bridgehead atoms. The maximum atomic E-state index is 12.5. The summed E-state index contributed by atoms with van der Waals surface area (Å²) in [6.07, 6.45) is 3.01. The van der Waals surface area contributed by atoms with Crippen LogP contribution in [-0.2, 0) is 14.8 Å². The van der Waals surface area contributed by atoms with Crippen LogP contribution in [0.25, 0.3) is 0 Å². The smallest absolute Gasteiger partial charge is 0.238 e. The zero-order valence-electron chi connectivity index (χ0n) is 13.4. The summed E-state index contributed by atoms with van der Waals surface area (Å²) in [5.41, 5.74) is 0. The second kappa shape index (κ2) is 8.47. The fourth-order valence-electron chi connectivity index (χ4n) is 3.17. The van der Waals surface area contributed by atoms with Gasteiger partial charge in [0.25, 0.3) is 0 Å². The normalized spacial score (nSPS) is 29.8. The highest BCUT2D eigenvalue weighted by atomic mass is 35.5. The summed E-state index contributed by atoms with van der Waals surface area (Å²) in [4.78, 5) is 12.5. The van der Waals surface area contributed by atoms with Crippen molar-refractivity contribution in [1.29, 1.82) is 0 Å². The average Bonchev–Trinajstić information content (AvgIpc) is 2.91. The molecule has 2 saturated heterocycles. The van der Waals surface area contributed by atoms with Gasteiger partial charge in [-0.05, 0) is 38.1 Å². The Balaban J connectivity index is 0.00000242. The molecule has 2 heterocycles. The van der Waals surface area contributed by atoms with E-state index in [1.54, 1.807) is 0 Å². The van der Waals surface area contributed by atoms with E-state index >= 15 is 0 Å². The average molecular weight is 354 g/mol. The Labute approximate surface area is 139 Å². The van der Waals surface area contributed by atoms with Crippen molar-refractivity contribution in [2.45, 2.75) is 51.6 Å². The lowest BCUT2D eigenvalue weighted by Gasteiger charge is -2.32. The van der Waals surface area contributed by atoms with Gasteiger partial charge in [0.05, 0.1) is 5.75 Å². The van der Waals surface area contributed by atoms with Gasteiger partial charge >= 0.3 is 0 Å². The molecular weight excluding hydrogens is 326 g/mol. The number of rotatable bonds is 5. The summed E-state index contributed by atoms with van der Waals surface area (Å²) in [6.45, 7) is 6.19. The number of nitrogens with zero attached hydrogens (tertiary/aromatic N) is 1. The van der Waals surface area contributed by atoms with Crippen molar-refractivity contribution in [3.8, 4) is 0 Å². The van der Waals surface area contributed by atoms with Gasteiger partial charge in [-0.15, -0.1) is 12.4 Å². The predicted molar refractivity (Wildman–Crippen MR) is 89.6 cm³/mol. The molecule has 0 spiro atoms. The monoisotopic (exact) mass is 353 g/mol. The first-order valence-corrected chi connectivity index (χ1v) is 9.57. The van der Waals surface area contributed by atoms with Crippen LogP contribution in [0.15, 0.2) is 0 Å². The molecule has 2 rings (SSSR count). The third-order valence-electron chi connectivity index (χ3n) is 4.48. The van der Waals surface area contributed by atoms with Crippen LogP contribution in [0, 0.1) is 5.92 Å². The van der Waals surface area contributed by atoms with Crippen molar-refractivity contribution in [2.24, 2.45) is 5.92 Å². The Morgan fingerprint density at radius 1 is 1.36 bits per heavy atom. The molecule has 0 aromatic heterocycles. The van der Waals surface area contributed by atoms with Gasteiger partial charge in [-0.1, -0.05) is 13.8 Å². The minimum atomic E-state index is -3.30. The van der Waals surface area contributed by atoms with Crippen molar-refractivity contribution in [3.05, 3.63) is 0 Å². The predicted octanol–water partition coefficient (Wildman–Crippen LogP) is 0.727. The maximum Gasteiger partial charge on any atom is 0.238 e. The van der Waals surface area contributed by atoms with E-state index in [0.717, 1.165) is 25.9 Å². The van der Waals surface area contributed by atoms with E-state index in [2.05, 4.69) is 17.6 Å². The summed E-state index contributed by atoms with van der Waals surface area (Å²) >= 11 is 0. The SMILES string of the molecule is CCCS(=O)(=O)N1CCCC1C(=O)NC1CNCCC1C.Cl. The molecule has 0 radical (unpaired) electrons. The summed E-state index contributed by atoms with van der Waals surface area (Å²) in [7, 11) is -3.30. The molecule has 8 heteroatoms. The first-order valence-electron chi connectivity index (χ1n) is 7.96. The number of hydrogen-bond acceptors (Lipinski definition) is 4. The van der Waals surface area contributed by atoms with E-state index in [-0.39, 0.29) is 30.1 Å². The van der Waals surface area contributed by atoms with E-state index in [0.29, 0.717) is 25.3 Å². The van der Waals surface area contributed by atoms with Gasteiger partial charge in [-0.25, -0.2) is 8.42 Å². The largest absolute Gasteiger partial charge is 0.350 e. The van der Waals surface area contributed by atoms with Gasteiger partial charge in [-0.2, -0.15) is 4.31 Å². The lowest BCUT2D eigenvalue weighted by Crippen LogP contribution is -2.55. The Kier molecular flexibility index (Phi) is 7.58.